The van der Waals surface area contributed by atoms with Gasteiger partial charge in [-0.2, -0.15) is 0 Å². The lowest BCUT2D eigenvalue weighted by Crippen LogP contribution is -2.50. The van der Waals surface area contributed by atoms with E-state index in [1.807, 2.05) is 6.07 Å². The van der Waals surface area contributed by atoms with Gasteiger partial charge in [-0.25, -0.2) is 4.79 Å². The highest BCUT2D eigenvalue weighted by Crippen LogP contribution is 2.30. The molecule has 8 heteroatoms. The Morgan fingerprint density at radius 3 is 2.88 bits per heavy atom. The van der Waals surface area contributed by atoms with Crippen molar-refractivity contribution in [2.75, 3.05) is 19.7 Å². The van der Waals surface area contributed by atoms with E-state index in [4.69, 9.17) is 4.74 Å². The van der Waals surface area contributed by atoms with Crippen molar-refractivity contribution in [3.63, 3.8) is 0 Å². The predicted octanol–water partition coefficient (Wildman–Crippen LogP) is 1.87. The summed E-state index contributed by atoms with van der Waals surface area (Å²) in [6.45, 7) is 2.97. The van der Waals surface area contributed by atoms with Gasteiger partial charge >= 0.3 is 6.09 Å². The van der Waals surface area contributed by atoms with Gasteiger partial charge < -0.3 is 9.64 Å². The van der Waals surface area contributed by atoms with Crippen molar-refractivity contribution >= 4 is 29.2 Å². The van der Waals surface area contributed by atoms with Crippen LogP contribution in [0.4, 0.5) is 4.79 Å². The van der Waals surface area contributed by atoms with Crippen LogP contribution in [0.25, 0.3) is 0 Å². The fourth-order valence-corrected chi connectivity index (χ4v) is 4.44. The van der Waals surface area contributed by atoms with Gasteiger partial charge in [-0.05, 0) is 50.7 Å². The van der Waals surface area contributed by atoms with E-state index in [-0.39, 0.29) is 17.7 Å². The van der Waals surface area contributed by atoms with E-state index in [1.54, 1.807) is 11.8 Å². The van der Waals surface area contributed by atoms with Crippen LogP contribution in [0, 0.1) is 5.92 Å². The highest BCUT2D eigenvalue weighted by atomic mass is 32.1. The number of ether oxygens (including phenoxy) is 1. The van der Waals surface area contributed by atoms with Gasteiger partial charge in [0, 0.05) is 18.0 Å². The molecule has 136 valence electrons. The molecule has 2 aliphatic rings. The van der Waals surface area contributed by atoms with Crippen LogP contribution in [0.3, 0.4) is 0 Å². The maximum absolute atomic E-state index is 12.3. The molecule has 1 aliphatic carbocycles. The monoisotopic (exact) mass is 365 g/mol. The van der Waals surface area contributed by atoms with Crippen molar-refractivity contribution in [1.29, 1.82) is 0 Å². The van der Waals surface area contributed by atoms with Crippen molar-refractivity contribution in [2.24, 2.45) is 5.92 Å². The summed E-state index contributed by atoms with van der Waals surface area (Å²) in [6.07, 6.45) is 4.24. The van der Waals surface area contributed by atoms with E-state index < -0.39 is 6.09 Å². The number of nitrogens with one attached hydrogen (secondary N) is 2. The Bertz CT molecular complexity index is 651. The molecule has 7 nitrogen and oxygen atoms in total. The number of amides is 3. The minimum Gasteiger partial charge on any atom is -0.450 e. The van der Waals surface area contributed by atoms with Crippen LogP contribution in [0.5, 0.6) is 0 Å². The smallest absolute Gasteiger partial charge is 0.409 e. The summed E-state index contributed by atoms with van der Waals surface area (Å²) in [5.41, 5.74) is 6.24. The summed E-state index contributed by atoms with van der Waals surface area (Å²) in [5, 5.41) is 0. The Kier molecular flexibility index (Phi) is 5.57. The second-order valence-electron chi connectivity index (χ2n) is 6.34. The molecular weight excluding hydrogens is 342 g/mol. The average molecular weight is 365 g/mol. The van der Waals surface area contributed by atoms with Crippen molar-refractivity contribution in [3.8, 4) is 0 Å². The fraction of sp³-hybridized carbons (Fsp3) is 0.588. The van der Waals surface area contributed by atoms with Gasteiger partial charge in [-0.3, -0.25) is 20.4 Å². The van der Waals surface area contributed by atoms with Crippen molar-refractivity contribution in [3.05, 3.63) is 21.4 Å². The number of thiophene rings is 1. The summed E-state index contributed by atoms with van der Waals surface area (Å²) in [7, 11) is 0. The average Bonchev–Trinajstić information content (AvgIpc) is 3.21. The molecule has 3 amide bonds. The van der Waals surface area contributed by atoms with Crippen LogP contribution in [0.1, 0.15) is 46.3 Å². The van der Waals surface area contributed by atoms with Gasteiger partial charge in [-0.1, -0.05) is 0 Å². The number of nitrogens with zero attached hydrogens (tertiary/aromatic N) is 1. The van der Waals surface area contributed by atoms with Crippen LogP contribution in [0.15, 0.2) is 6.07 Å². The molecular formula is C17H23N3O4S. The zero-order chi connectivity index (χ0) is 17.8. The lowest BCUT2D eigenvalue weighted by Gasteiger charge is -2.31. The third kappa shape index (κ3) is 4.12. The molecule has 0 spiro atoms. The lowest BCUT2D eigenvalue weighted by atomic mass is 9.98. The first-order chi connectivity index (χ1) is 12.1. The molecule has 1 aromatic heterocycles. The molecule has 3 rings (SSSR count). The summed E-state index contributed by atoms with van der Waals surface area (Å²) in [6, 6.07) is 1.91. The van der Waals surface area contributed by atoms with Crippen LogP contribution in [-0.2, 0) is 22.4 Å². The largest absolute Gasteiger partial charge is 0.450 e. The minimum atomic E-state index is -0.392. The number of hydrazine groups is 1. The van der Waals surface area contributed by atoms with Gasteiger partial charge in [0.15, 0.2) is 0 Å². The third-order valence-electron chi connectivity index (χ3n) is 4.59. The van der Waals surface area contributed by atoms with Gasteiger partial charge in [0.25, 0.3) is 5.91 Å². The number of rotatable bonds is 3. The SMILES string of the molecule is CCOC(=O)N1CCC[C@@H](C(=O)NNC(=O)c2cc3c(s2)CCC3)C1. The summed E-state index contributed by atoms with van der Waals surface area (Å²) < 4.78 is 4.98. The number of carbonyl (C=O) groups excluding carboxylic acids is 3. The maximum Gasteiger partial charge on any atom is 0.409 e. The van der Waals surface area contributed by atoms with Gasteiger partial charge in [0.2, 0.25) is 5.91 Å². The number of piperidine rings is 1. The second-order valence-corrected chi connectivity index (χ2v) is 7.48. The molecule has 0 aromatic carbocycles. The molecule has 1 saturated heterocycles. The van der Waals surface area contributed by atoms with E-state index in [2.05, 4.69) is 10.9 Å². The van der Waals surface area contributed by atoms with Crippen LogP contribution in [0.2, 0.25) is 0 Å². The molecule has 1 fully saturated rings. The summed E-state index contributed by atoms with van der Waals surface area (Å²) in [4.78, 5) is 39.7. The van der Waals surface area contributed by atoms with Crippen molar-refractivity contribution in [1.82, 2.24) is 15.8 Å². The summed E-state index contributed by atoms with van der Waals surface area (Å²) in [5.74, 6) is -0.899. The molecule has 2 N–H and O–H groups in total. The Balaban J connectivity index is 1.49. The van der Waals surface area contributed by atoms with E-state index in [0.717, 1.165) is 25.7 Å². The fourth-order valence-electron chi connectivity index (χ4n) is 3.29. The Hall–Kier alpha value is -2.09. The second kappa shape index (κ2) is 7.86. The predicted molar refractivity (Wildman–Crippen MR) is 93.3 cm³/mol. The van der Waals surface area contributed by atoms with Crippen molar-refractivity contribution < 1.29 is 19.1 Å². The Labute approximate surface area is 150 Å². The number of likely N-dealkylation sites (tertiary alicyclic amines) is 1. The number of carbonyl (C=O) groups is 3. The zero-order valence-electron chi connectivity index (χ0n) is 14.3. The van der Waals surface area contributed by atoms with Gasteiger partial charge in [0.05, 0.1) is 17.4 Å². The number of fused-ring (bicyclic) bond motifs is 1. The molecule has 1 aliphatic heterocycles. The molecule has 2 heterocycles. The topological polar surface area (TPSA) is 87.7 Å². The van der Waals surface area contributed by atoms with E-state index in [0.29, 0.717) is 31.0 Å². The number of hydrogen-bond acceptors (Lipinski definition) is 5. The van der Waals surface area contributed by atoms with Crippen LogP contribution in [-0.4, -0.2) is 42.5 Å². The zero-order valence-corrected chi connectivity index (χ0v) is 15.1. The minimum absolute atomic E-state index is 0.272. The normalized spacial score (nSPS) is 19.2. The quantitative estimate of drug-likeness (QED) is 0.801. The first kappa shape index (κ1) is 17.7. The lowest BCUT2D eigenvalue weighted by molar-refractivity contribution is -0.127. The van der Waals surface area contributed by atoms with Crippen LogP contribution >= 0.6 is 11.3 Å². The Morgan fingerprint density at radius 2 is 2.12 bits per heavy atom. The third-order valence-corrected chi connectivity index (χ3v) is 5.82. The molecule has 0 bridgehead atoms. The van der Waals surface area contributed by atoms with E-state index in [1.165, 1.54) is 21.8 Å². The first-order valence-electron chi connectivity index (χ1n) is 8.72. The van der Waals surface area contributed by atoms with Crippen molar-refractivity contribution in [2.45, 2.75) is 39.0 Å². The van der Waals surface area contributed by atoms with E-state index >= 15 is 0 Å². The molecule has 1 atom stereocenters. The van der Waals surface area contributed by atoms with Crippen LogP contribution < -0.4 is 10.9 Å². The van der Waals surface area contributed by atoms with Gasteiger partial charge in [-0.15, -0.1) is 11.3 Å². The summed E-state index contributed by atoms with van der Waals surface area (Å²) >= 11 is 1.49. The Morgan fingerprint density at radius 1 is 1.28 bits per heavy atom. The first-order valence-corrected chi connectivity index (χ1v) is 9.53. The van der Waals surface area contributed by atoms with Gasteiger partial charge in [0.1, 0.15) is 0 Å². The molecule has 0 saturated carbocycles. The standard InChI is InChI=1S/C17H23N3O4S/c1-2-24-17(23)20-8-4-6-12(10-20)15(21)18-19-16(22)14-9-11-5-3-7-13(11)25-14/h9,12H,2-8,10H2,1H3,(H,18,21)(H,19,22)/t12-/m1/s1. The number of hydrogen-bond donors (Lipinski definition) is 2. The highest BCUT2D eigenvalue weighted by molar-refractivity contribution is 7.14. The maximum atomic E-state index is 12.3. The molecule has 1 aromatic rings. The molecule has 0 unspecified atom stereocenters. The molecule has 25 heavy (non-hydrogen) atoms. The number of aryl methyl sites for hydroxylation is 2. The molecule has 0 radical (unpaired) electrons. The highest BCUT2D eigenvalue weighted by Gasteiger charge is 2.29. The van der Waals surface area contributed by atoms with E-state index in [9.17, 15) is 14.4 Å².